The van der Waals surface area contributed by atoms with Gasteiger partial charge in [-0.25, -0.2) is 9.18 Å². The molecule has 0 radical (unpaired) electrons. The van der Waals surface area contributed by atoms with Gasteiger partial charge in [0, 0.05) is 23.7 Å². The lowest BCUT2D eigenvalue weighted by molar-refractivity contribution is -0.144. The molecule has 7 atom stereocenters. The van der Waals surface area contributed by atoms with Crippen LogP contribution in [0.15, 0.2) is 48.7 Å². The summed E-state index contributed by atoms with van der Waals surface area (Å²) in [4.78, 5) is 40.2. The first-order valence-corrected chi connectivity index (χ1v) is 13.1. The van der Waals surface area contributed by atoms with Crippen molar-refractivity contribution >= 4 is 24.0 Å². The molecular formula is C29H32FN3O5. The maximum Gasteiger partial charge on any atom is 0.407 e. The first-order valence-electron chi connectivity index (χ1n) is 13.1. The van der Waals surface area contributed by atoms with Crippen LogP contribution in [-0.2, 0) is 19.1 Å². The third-order valence-corrected chi connectivity index (χ3v) is 8.25. The molecule has 0 spiro atoms. The van der Waals surface area contributed by atoms with Crippen LogP contribution in [0.5, 0.6) is 0 Å². The highest BCUT2D eigenvalue weighted by Gasteiger charge is 2.54. The number of allylic oxidation sites excluding steroid dienone is 1. The number of nitrogens with one attached hydrogen (secondary N) is 1. The number of hydrogen-bond acceptors (Lipinski definition) is 6. The SMILES string of the molecule is C[C@H]1OC(=O)[C@@H]2C[C@@H]3C[C@@H](NC(=O)OCC(N)=O)CC[C@H]3[C@H](/C=C/c3ccc(-c4cccc(F)c4)cn3)[C@H]12. The number of fused-ring (bicyclic) bond motifs is 2. The topological polar surface area (TPSA) is 121 Å². The quantitative estimate of drug-likeness (QED) is 0.553. The zero-order chi connectivity index (χ0) is 26.8. The van der Waals surface area contributed by atoms with E-state index >= 15 is 0 Å². The lowest BCUT2D eigenvalue weighted by atomic mass is 9.57. The summed E-state index contributed by atoms with van der Waals surface area (Å²) < 4.78 is 24.1. The van der Waals surface area contributed by atoms with Gasteiger partial charge in [-0.2, -0.15) is 0 Å². The lowest BCUT2D eigenvalue weighted by Crippen LogP contribution is -2.48. The highest BCUT2D eigenvalue weighted by molar-refractivity contribution is 5.78. The Bertz CT molecular complexity index is 1230. The number of hydrogen-bond donors (Lipinski definition) is 2. The summed E-state index contributed by atoms with van der Waals surface area (Å²) in [6.07, 6.45) is 8.22. The molecule has 2 amide bonds. The zero-order valence-corrected chi connectivity index (χ0v) is 21.2. The van der Waals surface area contributed by atoms with Gasteiger partial charge in [0.1, 0.15) is 11.9 Å². The van der Waals surface area contributed by atoms with Crippen molar-refractivity contribution in [3.05, 3.63) is 60.2 Å². The molecule has 0 bridgehead atoms. The van der Waals surface area contributed by atoms with Gasteiger partial charge in [-0.15, -0.1) is 0 Å². The summed E-state index contributed by atoms with van der Waals surface area (Å²) in [5, 5.41) is 2.85. The molecule has 3 aliphatic rings. The predicted molar refractivity (Wildman–Crippen MR) is 138 cm³/mol. The molecule has 3 fully saturated rings. The van der Waals surface area contributed by atoms with Crippen molar-refractivity contribution in [1.29, 1.82) is 0 Å². The minimum Gasteiger partial charge on any atom is -0.462 e. The average Bonchev–Trinajstić information content (AvgIpc) is 3.18. The van der Waals surface area contributed by atoms with Crippen LogP contribution in [0.1, 0.15) is 38.3 Å². The summed E-state index contributed by atoms with van der Waals surface area (Å²) >= 11 is 0. The molecule has 1 saturated heterocycles. The fourth-order valence-corrected chi connectivity index (χ4v) is 6.64. The fourth-order valence-electron chi connectivity index (χ4n) is 6.64. The molecule has 1 aliphatic heterocycles. The van der Waals surface area contributed by atoms with E-state index in [0.717, 1.165) is 42.5 Å². The Morgan fingerprint density at radius 3 is 2.79 bits per heavy atom. The summed E-state index contributed by atoms with van der Waals surface area (Å²) in [5.74, 6) is -0.508. The highest BCUT2D eigenvalue weighted by atomic mass is 19.1. The number of aromatic nitrogens is 1. The molecule has 38 heavy (non-hydrogen) atoms. The maximum absolute atomic E-state index is 13.6. The number of nitrogens with zero attached hydrogens (tertiary/aromatic N) is 1. The van der Waals surface area contributed by atoms with E-state index in [4.69, 9.17) is 15.2 Å². The van der Waals surface area contributed by atoms with Crippen LogP contribution in [0.2, 0.25) is 0 Å². The molecule has 3 N–H and O–H groups in total. The molecule has 2 aliphatic carbocycles. The van der Waals surface area contributed by atoms with Crippen molar-refractivity contribution in [3.8, 4) is 11.1 Å². The van der Waals surface area contributed by atoms with Crippen LogP contribution in [-0.4, -0.2) is 41.7 Å². The number of benzene rings is 1. The van der Waals surface area contributed by atoms with Gasteiger partial charge < -0.3 is 20.5 Å². The van der Waals surface area contributed by atoms with Gasteiger partial charge >= 0.3 is 12.1 Å². The Balaban J connectivity index is 1.31. The van der Waals surface area contributed by atoms with Crippen molar-refractivity contribution in [2.75, 3.05) is 6.61 Å². The number of carbonyl (C=O) groups excluding carboxylic acids is 3. The number of pyridine rings is 1. The number of primary amides is 1. The number of amides is 2. The average molecular weight is 522 g/mol. The first-order chi connectivity index (χ1) is 18.3. The van der Waals surface area contributed by atoms with Crippen LogP contribution >= 0.6 is 0 Å². The summed E-state index contributed by atoms with van der Waals surface area (Å²) in [6.45, 7) is 1.51. The van der Waals surface area contributed by atoms with Crippen molar-refractivity contribution in [2.24, 2.45) is 35.3 Å². The normalized spacial score (nSPS) is 30.3. The molecule has 8 nitrogen and oxygen atoms in total. The Morgan fingerprint density at radius 2 is 2.05 bits per heavy atom. The van der Waals surface area contributed by atoms with Gasteiger partial charge in [0.25, 0.3) is 5.91 Å². The van der Waals surface area contributed by atoms with Gasteiger partial charge in [-0.1, -0.05) is 24.3 Å². The second-order valence-corrected chi connectivity index (χ2v) is 10.6. The van der Waals surface area contributed by atoms with Gasteiger partial charge in [-0.3, -0.25) is 14.6 Å². The van der Waals surface area contributed by atoms with Crippen LogP contribution < -0.4 is 11.1 Å². The van der Waals surface area contributed by atoms with Gasteiger partial charge in [0.15, 0.2) is 6.61 Å². The van der Waals surface area contributed by atoms with Gasteiger partial charge in [0.2, 0.25) is 0 Å². The second-order valence-electron chi connectivity index (χ2n) is 10.6. The number of carbonyl (C=O) groups is 3. The first kappa shape index (κ1) is 25.9. The Kier molecular flexibility index (Phi) is 7.44. The number of cyclic esters (lactones) is 1. The fraction of sp³-hybridized carbons (Fsp3) is 0.448. The second kappa shape index (κ2) is 10.9. The summed E-state index contributed by atoms with van der Waals surface area (Å²) in [7, 11) is 0. The van der Waals surface area contributed by atoms with Crippen molar-refractivity contribution < 1.29 is 28.2 Å². The molecule has 2 heterocycles. The molecular weight excluding hydrogens is 489 g/mol. The number of halogens is 1. The maximum atomic E-state index is 13.6. The van der Waals surface area contributed by atoms with E-state index < -0.39 is 18.6 Å². The minimum atomic E-state index is -0.705. The van der Waals surface area contributed by atoms with Crippen LogP contribution in [0.25, 0.3) is 17.2 Å². The Hall–Kier alpha value is -3.75. The van der Waals surface area contributed by atoms with Crippen LogP contribution in [0.4, 0.5) is 9.18 Å². The predicted octanol–water partition coefficient (Wildman–Crippen LogP) is 4.09. The van der Waals surface area contributed by atoms with E-state index in [1.165, 1.54) is 12.1 Å². The van der Waals surface area contributed by atoms with E-state index in [1.54, 1.807) is 12.3 Å². The van der Waals surface area contributed by atoms with Crippen LogP contribution in [0, 0.1) is 35.4 Å². The number of ether oxygens (including phenoxy) is 2. The summed E-state index contributed by atoms with van der Waals surface area (Å²) in [6, 6.07) is 10.2. The largest absolute Gasteiger partial charge is 0.462 e. The highest BCUT2D eigenvalue weighted by Crippen LogP contribution is 2.53. The Labute approximate surface area is 220 Å². The van der Waals surface area contributed by atoms with E-state index in [-0.39, 0.29) is 47.6 Å². The van der Waals surface area contributed by atoms with Crippen molar-refractivity contribution in [3.63, 3.8) is 0 Å². The molecule has 200 valence electrons. The molecule has 1 aromatic carbocycles. The lowest BCUT2D eigenvalue weighted by Gasteiger charge is -2.47. The third kappa shape index (κ3) is 5.56. The summed E-state index contributed by atoms with van der Waals surface area (Å²) in [5.41, 5.74) is 7.44. The smallest absolute Gasteiger partial charge is 0.407 e. The molecule has 1 aromatic heterocycles. The van der Waals surface area contributed by atoms with Gasteiger partial charge in [0.05, 0.1) is 11.6 Å². The number of rotatable bonds is 6. The van der Waals surface area contributed by atoms with E-state index in [0.29, 0.717) is 5.92 Å². The van der Waals surface area contributed by atoms with Gasteiger partial charge in [-0.05, 0) is 80.2 Å². The van der Waals surface area contributed by atoms with Crippen LogP contribution in [0.3, 0.4) is 0 Å². The molecule has 2 saturated carbocycles. The van der Waals surface area contributed by atoms with Crippen molar-refractivity contribution in [2.45, 2.75) is 44.8 Å². The standard InChI is InChI=1S/C29H32FN3O5/c1-16-27-24(10-7-21-6-5-18(14-32-21)17-3-2-4-20(30)11-17)23-9-8-22(33-29(36)37-15-26(31)34)12-19(23)13-25(27)28(35)38-16/h2-7,10-11,14,16,19,22-25,27H,8-9,12-13,15H2,1H3,(H2,31,34)(H,33,36)/b10-7+/t16-,19+,22+,23-,24+,25-,27+/m1/s1. The molecule has 9 heteroatoms. The number of nitrogens with two attached hydrogens (primary N) is 1. The van der Waals surface area contributed by atoms with E-state index in [2.05, 4.69) is 16.4 Å². The minimum absolute atomic E-state index is 0.0929. The zero-order valence-electron chi connectivity index (χ0n) is 21.2. The monoisotopic (exact) mass is 521 g/mol. The van der Waals surface area contributed by atoms with E-state index in [1.807, 2.05) is 31.2 Å². The molecule has 0 unspecified atom stereocenters. The van der Waals surface area contributed by atoms with E-state index in [9.17, 15) is 18.8 Å². The number of alkyl carbamates (subject to hydrolysis) is 1. The number of esters is 1. The third-order valence-electron chi connectivity index (χ3n) is 8.25. The molecule has 2 aromatic rings. The Morgan fingerprint density at radius 1 is 1.21 bits per heavy atom. The van der Waals surface area contributed by atoms with Crippen molar-refractivity contribution in [1.82, 2.24) is 10.3 Å². The molecule has 5 rings (SSSR count).